The Bertz CT molecular complexity index is 782. The Kier molecular flexibility index (Phi) is 4.41. The molecule has 0 aliphatic heterocycles. The zero-order chi connectivity index (χ0) is 16.6. The van der Waals surface area contributed by atoms with Crippen molar-refractivity contribution in [1.82, 2.24) is 4.98 Å². The third-order valence-electron chi connectivity index (χ3n) is 3.81. The minimum absolute atomic E-state index is 0.0123. The highest BCUT2D eigenvalue weighted by Crippen LogP contribution is 2.24. The molecule has 1 atom stereocenters. The number of fused-ring (bicyclic) bond motifs is 1. The number of anilines is 1. The lowest BCUT2D eigenvalue weighted by atomic mass is 9.92. The Morgan fingerprint density at radius 2 is 2.04 bits per heavy atom. The molecule has 0 bridgehead atoms. The predicted molar refractivity (Wildman–Crippen MR) is 86.2 cm³/mol. The molecule has 0 saturated carbocycles. The molecule has 2 aromatic rings. The van der Waals surface area contributed by atoms with Crippen molar-refractivity contribution < 1.29 is 13.6 Å². The van der Waals surface area contributed by atoms with E-state index in [9.17, 15) is 13.6 Å². The molecule has 7 heteroatoms. The average Bonchev–Trinajstić information content (AvgIpc) is 2.50. The first-order valence-electron chi connectivity index (χ1n) is 7.13. The van der Waals surface area contributed by atoms with Gasteiger partial charge >= 0.3 is 0 Å². The fraction of sp³-hybridized carbons (Fsp3) is 0.250. The van der Waals surface area contributed by atoms with Crippen molar-refractivity contribution in [3.8, 4) is 0 Å². The number of aryl methyl sites for hydroxylation is 1. The van der Waals surface area contributed by atoms with Gasteiger partial charge in [0.05, 0.1) is 17.4 Å². The summed E-state index contributed by atoms with van der Waals surface area (Å²) < 4.78 is 26.6. The van der Waals surface area contributed by atoms with Crippen LogP contribution in [0.5, 0.6) is 0 Å². The summed E-state index contributed by atoms with van der Waals surface area (Å²) in [5.74, 6) is -2.64. The number of benzene rings is 1. The SMILES string of the molecule is NC1CCc2ncc(NC(=O)c3cc(F)c(F)cc3Br)cc2C1. The summed E-state index contributed by atoms with van der Waals surface area (Å²) in [5.41, 5.74) is 8.45. The maximum atomic E-state index is 13.3. The van der Waals surface area contributed by atoms with Crippen molar-refractivity contribution in [3.05, 3.63) is 57.3 Å². The van der Waals surface area contributed by atoms with Gasteiger partial charge in [-0.1, -0.05) is 0 Å². The first-order valence-corrected chi connectivity index (χ1v) is 7.92. The van der Waals surface area contributed by atoms with Gasteiger partial charge in [-0.15, -0.1) is 0 Å². The summed E-state index contributed by atoms with van der Waals surface area (Å²) in [4.78, 5) is 16.6. The molecule has 1 aromatic carbocycles. The van der Waals surface area contributed by atoms with E-state index in [0.29, 0.717) is 12.1 Å². The number of carbonyl (C=O) groups is 1. The number of aromatic nitrogens is 1. The lowest BCUT2D eigenvalue weighted by molar-refractivity contribution is 0.102. The molecule has 1 aliphatic rings. The van der Waals surface area contributed by atoms with Crippen LogP contribution in [0, 0.1) is 11.6 Å². The van der Waals surface area contributed by atoms with Crippen molar-refractivity contribution in [2.24, 2.45) is 5.73 Å². The summed E-state index contributed by atoms with van der Waals surface area (Å²) >= 11 is 3.06. The summed E-state index contributed by atoms with van der Waals surface area (Å²) in [6.07, 6.45) is 3.98. The van der Waals surface area contributed by atoms with Gasteiger partial charge in [0.1, 0.15) is 0 Å². The molecule has 1 aromatic heterocycles. The molecular weight excluding hydrogens is 368 g/mol. The smallest absolute Gasteiger partial charge is 0.256 e. The maximum Gasteiger partial charge on any atom is 0.256 e. The highest BCUT2D eigenvalue weighted by molar-refractivity contribution is 9.10. The molecular formula is C16H14BrF2N3O. The third kappa shape index (κ3) is 3.40. The van der Waals surface area contributed by atoms with E-state index in [2.05, 4.69) is 26.2 Å². The zero-order valence-corrected chi connectivity index (χ0v) is 13.7. The van der Waals surface area contributed by atoms with Gasteiger partial charge in [0.25, 0.3) is 5.91 Å². The molecule has 0 radical (unpaired) electrons. The molecule has 120 valence electrons. The van der Waals surface area contributed by atoms with Crippen molar-refractivity contribution >= 4 is 27.5 Å². The van der Waals surface area contributed by atoms with Gasteiger partial charge in [0, 0.05) is 16.2 Å². The first-order chi connectivity index (χ1) is 10.9. The molecule has 3 rings (SSSR count). The quantitative estimate of drug-likeness (QED) is 0.784. The van der Waals surface area contributed by atoms with Crippen LogP contribution in [0.3, 0.4) is 0 Å². The second-order valence-corrected chi connectivity index (χ2v) is 6.39. The Hall–Kier alpha value is -1.86. The number of nitrogens with one attached hydrogen (secondary N) is 1. The van der Waals surface area contributed by atoms with E-state index in [4.69, 9.17) is 5.73 Å². The summed E-state index contributed by atoms with van der Waals surface area (Å²) in [6.45, 7) is 0. The number of halogens is 3. The Balaban J connectivity index is 1.83. The van der Waals surface area contributed by atoms with Gasteiger partial charge in [-0.3, -0.25) is 9.78 Å². The van der Waals surface area contributed by atoms with Gasteiger partial charge in [-0.2, -0.15) is 0 Å². The molecule has 0 fully saturated rings. The molecule has 4 nitrogen and oxygen atoms in total. The Labute approximate surface area is 140 Å². The number of hydrogen-bond donors (Lipinski definition) is 2. The molecule has 1 amide bonds. The summed E-state index contributed by atoms with van der Waals surface area (Å²) in [5, 5.41) is 2.65. The molecule has 3 N–H and O–H groups in total. The number of rotatable bonds is 2. The lowest BCUT2D eigenvalue weighted by Crippen LogP contribution is -2.28. The molecule has 1 aliphatic carbocycles. The van der Waals surface area contributed by atoms with Crippen molar-refractivity contribution in [2.75, 3.05) is 5.32 Å². The van der Waals surface area contributed by atoms with Crippen LogP contribution in [0.2, 0.25) is 0 Å². The van der Waals surface area contributed by atoms with Crippen molar-refractivity contribution in [2.45, 2.75) is 25.3 Å². The van der Waals surface area contributed by atoms with Crippen LogP contribution in [0.4, 0.5) is 14.5 Å². The minimum Gasteiger partial charge on any atom is -0.327 e. The van der Waals surface area contributed by atoms with E-state index in [1.807, 2.05) is 6.07 Å². The fourth-order valence-electron chi connectivity index (χ4n) is 2.61. The largest absolute Gasteiger partial charge is 0.327 e. The van der Waals surface area contributed by atoms with E-state index in [1.165, 1.54) is 0 Å². The average molecular weight is 382 g/mol. The standard InChI is InChI=1S/C16H14BrF2N3O/c17-12-6-14(19)13(18)5-11(12)16(23)22-10-4-8-3-9(20)1-2-15(8)21-7-10/h4-7,9H,1-3,20H2,(H,22,23). The number of hydrogen-bond acceptors (Lipinski definition) is 3. The fourth-order valence-corrected chi connectivity index (χ4v) is 3.11. The summed E-state index contributed by atoms with van der Waals surface area (Å²) in [7, 11) is 0. The number of nitrogens with two attached hydrogens (primary N) is 1. The van der Waals surface area contributed by atoms with Crippen LogP contribution in [-0.4, -0.2) is 16.9 Å². The third-order valence-corrected chi connectivity index (χ3v) is 4.46. The lowest BCUT2D eigenvalue weighted by Gasteiger charge is -2.21. The van der Waals surface area contributed by atoms with Crippen LogP contribution in [-0.2, 0) is 12.8 Å². The van der Waals surface area contributed by atoms with Gasteiger partial charge in [0.2, 0.25) is 0 Å². The molecule has 1 heterocycles. The van der Waals surface area contributed by atoms with Crippen LogP contribution >= 0.6 is 15.9 Å². The Morgan fingerprint density at radius 3 is 2.83 bits per heavy atom. The van der Waals surface area contributed by atoms with Gasteiger partial charge in [-0.25, -0.2) is 8.78 Å². The van der Waals surface area contributed by atoms with Crippen LogP contribution in [0.25, 0.3) is 0 Å². The van der Waals surface area contributed by atoms with Gasteiger partial charge in [0.15, 0.2) is 11.6 Å². The van der Waals surface area contributed by atoms with Crippen LogP contribution in [0.1, 0.15) is 28.0 Å². The number of nitrogens with zero attached hydrogens (tertiary/aromatic N) is 1. The summed E-state index contributed by atoms with van der Waals surface area (Å²) in [6, 6.07) is 3.70. The predicted octanol–water partition coefficient (Wildman–Crippen LogP) is 3.19. The minimum atomic E-state index is -1.08. The topological polar surface area (TPSA) is 68.0 Å². The monoisotopic (exact) mass is 381 g/mol. The first kappa shape index (κ1) is 16.0. The highest BCUT2D eigenvalue weighted by Gasteiger charge is 2.19. The van der Waals surface area contributed by atoms with Crippen molar-refractivity contribution in [1.29, 1.82) is 0 Å². The number of carbonyl (C=O) groups excluding carboxylic acids is 1. The van der Waals surface area contributed by atoms with E-state index in [-0.39, 0.29) is 16.1 Å². The van der Waals surface area contributed by atoms with E-state index in [0.717, 1.165) is 36.2 Å². The highest BCUT2D eigenvalue weighted by atomic mass is 79.9. The number of pyridine rings is 1. The molecule has 0 saturated heterocycles. The van der Waals surface area contributed by atoms with Gasteiger partial charge in [-0.05, 0) is 59.0 Å². The molecule has 0 spiro atoms. The normalized spacial score (nSPS) is 16.8. The number of amides is 1. The zero-order valence-electron chi connectivity index (χ0n) is 12.1. The van der Waals surface area contributed by atoms with E-state index in [1.54, 1.807) is 6.20 Å². The van der Waals surface area contributed by atoms with Gasteiger partial charge < -0.3 is 11.1 Å². The van der Waals surface area contributed by atoms with Crippen LogP contribution < -0.4 is 11.1 Å². The maximum absolute atomic E-state index is 13.3. The van der Waals surface area contributed by atoms with Crippen LogP contribution in [0.15, 0.2) is 28.9 Å². The second kappa shape index (κ2) is 6.33. The molecule has 23 heavy (non-hydrogen) atoms. The van der Waals surface area contributed by atoms with Crippen molar-refractivity contribution in [3.63, 3.8) is 0 Å². The van der Waals surface area contributed by atoms with E-state index < -0.39 is 17.5 Å². The Morgan fingerprint density at radius 1 is 1.30 bits per heavy atom. The second-order valence-electron chi connectivity index (χ2n) is 5.53. The molecule has 1 unspecified atom stereocenters. The van der Waals surface area contributed by atoms with E-state index >= 15 is 0 Å².